The fourth-order valence-electron chi connectivity index (χ4n) is 3.29. The molecule has 3 rings (SSSR count). The minimum absolute atomic E-state index is 0.0854. The second-order valence-electron chi connectivity index (χ2n) is 6.07. The number of carbonyl (C=O) groups excluding carboxylic acids is 1. The molecule has 5 heteroatoms. The lowest BCUT2D eigenvalue weighted by Crippen LogP contribution is -2.21. The van der Waals surface area contributed by atoms with Crippen molar-refractivity contribution in [3.05, 3.63) is 5.82 Å². The van der Waals surface area contributed by atoms with Gasteiger partial charge >= 0.3 is 0 Å². The number of nitrogens with zero attached hydrogens (tertiary/aromatic N) is 2. The SMILES string of the molecule is O=C1CCCCC1Sc1n[nH]c(CCC2CCCC2)n1. The van der Waals surface area contributed by atoms with Gasteiger partial charge in [-0.25, -0.2) is 4.98 Å². The lowest BCUT2D eigenvalue weighted by Gasteiger charge is -2.17. The quantitative estimate of drug-likeness (QED) is 0.902. The van der Waals surface area contributed by atoms with Crippen molar-refractivity contribution in [1.82, 2.24) is 15.2 Å². The van der Waals surface area contributed by atoms with Crippen LogP contribution in [0.2, 0.25) is 0 Å². The first-order valence-electron chi connectivity index (χ1n) is 7.92. The number of aromatic nitrogens is 3. The Balaban J connectivity index is 1.49. The van der Waals surface area contributed by atoms with Crippen LogP contribution in [0, 0.1) is 5.92 Å². The normalized spacial score (nSPS) is 24.4. The molecular weight excluding hydrogens is 270 g/mol. The van der Waals surface area contributed by atoms with Crippen molar-refractivity contribution in [3.63, 3.8) is 0 Å². The van der Waals surface area contributed by atoms with Crippen LogP contribution in [-0.4, -0.2) is 26.2 Å². The van der Waals surface area contributed by atoms with Gasteiger partial charge < -0.3 is 0 Å². The number of hydrogen-bond acceptors (Lipinski definition) is 4. The molecular formula is C15H23N3OS. The van der Waals surface area contributed by atoms with Gasteiger partial charge in [0.05, 0.1) is 5.25 Å². The zero-order chi connectivity index (χ0) is 13.8. The van der Waals surface area contributed by atoms with Gasteiger partial charge in [0.2, 0.25) is 5.16 Å². The minimum atomic E-state index is 0.0854. The maximum absolute atomic E-state index is 11.8. The summed E-state index contributed by atoms with van der Waals surface area (Å²) in [5.74, 6) is 2.25. The molecule has 1 N–H and O–H groups in total. The maximum atomic E-state index is 11.8. The number of rotatable bonds is 5. The van der Waals surface area contributed by atoms with E-state index in [4.69, 9.17) is 0 Å². The van der Waals surface area contributed by atoms with Crippen LogP contribution in [0.4, 0.5) is 0 Å². The molecule has 0 bridgehead atoms. The fourth-order valence-corrected chi connectivity index (χ4v) is 4.33. The number of ketones is 1. The molecule has 2 aliphatic carbocycles. The van der Waals surface area contributed by atoms with Crippen LogP contribution in [-0.2, 0) is 11.2 Å². The van der Waals surface area contributed by atoms with Gasteiger partial charge in [-0.05, 0) is 25.2 Å². The molecule has 0 saturated heterocycles. The van der Waals surface area contributed by atoms with Crippen molar-refractivity contribution in [1.29, 1.82) is 0 Å². The molecule has 2 fully saturated rings. The number of carbonyl (C=O) groups is 1. The van der Waals surface area contributed by atoms with Gasteiger partial charge in [0, 0.05) is 12.8 Å². The highest BCUT2D eigenvalue weighted by Crippen LogP contribution is 2.30. The van der Waals surface area contributed by atoms with Crippen LogP contribution in [0.1, 0.15) is 63.6 Å². The van der Waals surface area contributed by atoms with Gasteiger partial charge in [-0.1, -0.05) is 43.9 Å². The van der Waals surface area contributed by atoms with Crippen LogP contribution in [0.15, 0.2) is 5.16 Å². The monoisotopic (exact) mass is 293 g/mol. The first-order chi connectivity index (χ1) is 9.81. The molecule has 20 heavy (non-hydrogen) atoms. The van der Waals surface area contributed by atoms with Crippen molar-refractivity contribution < 1.29 is 4.79 Å². The molecule has 2 aliphatic rings. The van der Waals surface area contributed by atoms with Crippen molar-refractivity contribution >= 4 is 17.5 Å². The van der Waals surface area contributed by atoms with Crippen LogP contribution < -0.4 is 0 Å². The van der Waals surface area contributed by atoms with E-state index in [9.17, 15) is 4.79 Å². The highest BCUT2D eigenvalue weighted by atomic mass is 32.2. The molecule has 1 unspecified atom stereocenters. The van der Waals surface area contributed by atoms with Gasteiger partial charge in [0.1, 0.15) is 11.6 Å². The number of Topliss-reactive ketones (excluding diaryl/α,β-unsaturated/α-hetero) is 1. The molecule has 1 aromatic heterocycles. The lowest BCUT2D eigenvalue weighted by atomic mass is 9.99. The Bertz CT molecular complexity index is 454. The highest BCUT2D eigenvalue weighted by Gasteiger charge is 2.24. The predicted octanol–water partition coefficient (Wildman–Crippen LogP) is 3.53. The summed E-state index contributed by atoms with van der Waals surface area (Å²) < 4.78 is 0. The third-order valence-corrected chi connectivity index (χ3v) is 5.70. The van der Waals surface area contributed by atoms with E-state index in [1.807, 2.05) is 0 Å². The van der Waals surface area contributed by atoms with Crippen molar-refractivity contribution in [3.8, 4) is 0 Å². The molecule has 2 saturated carbocycles. The molecule has 110 valence electrons. The molecule has 0 amide bonds. The van der Waals surface area contributed by atoms with E-state index in [2.05, 4.69) is 15.2 Å². The fraction of sp³-hybridized carbons (Fsp3) is 0.800. The summed E-state index contributed by atoms with van der Waals surface area (Å²) in [6.45, 7) is 0. The first kappa shape index (κ1) is 14.1. The number of aromatic amines is 1. The van der Waals surface area contributed by atoms with Crippen LogP contribution in [0.25, 0.3) is 0 Å². The Morgan fingerprint density at radius 3 is 2.75 bits per heavy atom. The average molecular weight is 293 g/mol. The second-order valence-corrected chi connectivity index (χ2v) is 7.24. The number of aryl methyl sites for hydroxylation is 1. The van der Waals surface area contributed by atoms with E-state index in [-0.39, 0.29) is 5.25 Å². The smallest absolute Gasteiger partial charge is 0.209 e. The van der Waals surface area contributed by atoms with Gasteiger partial charge in [0.15, 0.2) is 0 Å². The summed E-state index contributed by atoms with van der Waals surface area (Å²) in [7, 11) is 0. The highest BCUT2D eigenvalue weighted by molar-refractivity contribution is 8.00. The third kappa shape index (κ3) is 3.62. The number of thioether (sulfide) groups is 1. The van der Waals surface area contributed by atoms with Gasteiger partial charge in [0.25, 0.3) is 0 Å². The first-order valence-corrected chi connectivity index (χ1v) is 8.80. The van der Waals surface area contributed by atoms with E-state index < -0.39 is 0 Å². The number of nitrogens with one attached hydrogen (secondary N) is 1. The maximum Gasteiger partial charge on any atom is 0.209 e. The van der Waals surface area contributed by atoms with E-state index >= 15 is 0 Å². The lowest BCUT2D eigenvalue weighted by molar-refractivity contribution is -0.119. The Labute approximate surface area is 124 Å². The standard InChI is InChI=1S/C15H23N3OS/c19-12-7-3-4-8-13(12)20-15-16-14(17-18-15)10-9-11-5-1-2-6-11/h11,13H,1-10H2,(H,16,17,18). The van der Waals surface area contributed by atoms with Gasteiger partial charge in [-0.15, -0.1) is 5.10 Å². The van der Waals surface area contributed by atoms with E-state index in [0.29, 0.717) is 5.78 Å². The number of hydrogen-bond donors (Lipinski definition) is 1. The van der Waals surface area contributed by atoms with Crippen molar-refractivity contribution in [2.24, 2.45) is 5.92 Å². The topological polar surface area (TPSA) is 58.6 Å². The molecule has 1 heterocycles. The third-order valence-electron chi connectivity index (χ3n) is 4.52. The number of H-pyrrole nitrogens is 1. The summed E-state index contributed by atoms with van der Waals surface area (Å²) >= 11 is 1.55. The van der Waals surface area contributed by atoms with Crippen molar-refractivity contribution in [2.75, 3.05) is 0 Å². The van der Waals surface area contributed by atoms with Gasteiger partial charge in [-0.2, -0.15) is 0 Å². The van der Waals surface area contributed by atoms with E-state index in [1.54, 1.807) is 11.8 Å². The molecule has 0 radical (unpaired) electrons. The zero-order valence-corrected chi connectivity index (χ0v) is 12.8. The van der Waals surface area contributed by atoms with Crippen LogP contribution >= 0.6 is 11.8 Å². The summed E-state index contributed by atoms with van der Waals surface area (Å²) in [5, 5.41) is 8.15. The van der Waals surface area contributed by atoms with Crippen LogP contribution in [0.3, 0.4) is 0 Å². The predicted molar refractivity (Wildman–Crippen MR) is 79.8 cm³/mol. The largest absolute Gasteiger partial charge is 0.298 e. The Kier molecular flexibility index (Phi) is 4.76. The summed E-state index contributed by atoms with van der Waals surface area (Å²) in [6, 6.07) is 0. The Morgan fingerprint density at radius 2 is 1.95 bits per heavy atom. The van der Waals surface area contributed by atoms with Crippen LogP contribution in [0.5, 0.6) is 0 Å². The van der Waals surface area contributed by atoms with Crippen molar-refractivity contribution in [2.45, 2.75) is 74.6 Å². The summed E-state index contributed by atoms with van der Waals surface area (Å²) in [4.78, 5) is 16.4. The molecule has 0 spiro atoms. The molecule has 0 aromatic carbocycles. The van der Waals surface area contributed by atoms with E-state index in [0.717, 1.165) is 49.0 Å². The van der Waals surface area contributed by atoms with E-state index in [1.165, 1.54) is 32.1 Å². The zero-order valence-electron chi connectivity index (χ0n) is 11.9. The molecule has 0 aliphatic heterocycles. The molecule has 1 aromatic rings. The summed E-state index contributed by atoms with van der Waals surface area (Å²) in [6.07, 6.45) is 11.7. The second kappa shape index (κ2) is 6.74. The Hall–Kier alpha value is -0.840. The Morgan fingerprint density at radius 1 is 1.15 bits per heavy atom. The minimum Gasteiger partial charge on any atom is -0.298 e. The van der Waals surface area contributed by atoms with Gasteiger partial charge in [-0.3, -0.25) is 9.89 Å². The summed E-state index contributed by atoms with van der Waals surface area (Å²) in [5.41, 5.74) is 0. The average Bonchev–Trinajstić information content (AvgIpc) is 3.10. The molecule has 1 atom stereocenters. The molecule has 4 nitrogen and oxygen atoms in total.